The Labute approximate surface area is 128 Å². The Kier molecular flexibility index (Phi) is 5.15. The molecule has 1 N–H and O–H groups in total. The molecule has 0 saturated carbocycles. The lowest BCUT2D eigenvalue weighted by Gasteiger charge is -2.11. The summed E-state index contributed by atoms with van der Waals surface area (Å²) in [5, 5.41) is 2.43. The Hall–Kier alpha value is -1.93. The summed E-state index contributed by atoms with van der Waals surface area (Å²) < 4.78 is 33.2. The molecule has 22 heavy (non-hydrogen) atoms. The summed E-state index contributed by atoms with van der Waals surface area (Å²) >= 11 is 0. The molecular weight excluding hydrogens is 310 g/mol. The van der Waals surface area contributed by atoms with Crippen LogP contribution in [0.3, 0.4) is 0 Å². The van der Waals surface area contributed by atoms with E-state index in [1.807, 2.05) is 0 Å². The van der Waals surface area contributed by atoms with Gasteiger partial charge in [0.15, 0.2) is 22.5 Å². The van der Waals surface area contributed by atoms with Crippen LogP contribution in [0.5, 0.6) is 0 Å². The summed E-state index contributed by atoms with van der Waals surface area (Å²) in [5.74, 6) is -1.19. The van der Waals surface area contributed by atoms with Gasteiger partial charge in [0.2, 0.25) is 0 Å². The van der Waals surface area contributed by atoms with E-state index in [2.05, 4.69) is 5.32 Å². The fourth-order valence-corrected chi connectivity index (χ4v) is 2.92. The summed E-state index contributed by atoms with van der Waals surface area (Å²) in [6, 6.07) is 6.02. The molecule has 1 atom stereocenters. The van der Waals surface area contributed by atoms with Gasteiger partial charge >= 0.3 is 5.97 Å². The van der Waals surface area contributed by atoms with E-state index in [1.165, 1.54) is 12.1 Å². The molecule has 0 aromatic heterocycles. The molecule has 1 aromatic carbocycles. The van der Waals surface area contributed by atoms with Gasteiger partial charge in [0.1, 0.15) is 0 Å². The Bertz CT molecular complexity index is 664. The van der Waals surface area contributed by atoms with Gasteiger partial charge < -0.3 is 14.8 Å². The number of hydrogen-bond donors (Lipinski definition) is 1. The lowest BCUT2D eigenvalue weighted by atomic mass is 10.2. The predicted octanol–water partition coefficient (Wildman–Crippen LogP) is 0.751. The van der Waals surface area contributed by atoms with Gasteiger partial charge in [-0.3, -0.25) is 4.79 Å². The molecule has 1 fully saturated rings. The van der Waals surface area contributed by atoms with E-state index in [4.69, 9.17) is 9.47 Å². The zero-order valence-corrected chi connectivity index (χ0v) is 12.9. The zero-order chi connectivity index (χ0) is 16.2. The molecule has 1 aliphatic heterocycles. The fourth-order valence-electron chi connectivity index (χ4n) is 2.07. The van der Waals surface area contributed by atoms with Crippen LogP contribution in [0.15, 0.2) is 29.2 Å². The van der Waals surface area contributed by atoms with Crippen LogP contribution in [0.4, 0.5) is 5.69 Å². The maximum atomic E-state index is 11.8. The maximum Gasteiger partial charge on any atom is 0.335 e. The third kappa shape index (κ3) is 4.28. The first kappa shape index (κ1) is 16.4. The first-order valence-corrected chi connectivity index (χ1v) is 8.64. The monoisotopic (exact) mass is 327 g/mol. The Morgan fingerprint density at radius 2 is 2.09 bits per heavy atom. The number of esters is 1. The quantitative estimate of drug-likeness (QED) is 0.801. The predicted molar refractivity (Wildman–Crippen MR) is 78.1 cm³/mol. The average Bonchev–Trinajstić information content (AvgIpc) is 2.98. The molecule has 0 aliphatic carbocycles. The molecule has 8 heteroatoms. The number of hydrogen-bond acceptors (Lipinski definition) is 6. The van der Waals surface area contributed by atoms with Crippen LogP contribution in [0, 0.1) is 0 Å². The summed E-state index contributed by atoms with van der Waals surface area (Å²) in [6.45, 7) is 0.0183. The van der Waals surface area contributed by atoms with E-state index in [-0.39, 0.29) is 10.6 Å². The van der Waals surface area contributed by atoms with Crippen molar-refractivity contribution in [2.75, 3.05) is 24.8 Å². The molecule has 120 valence electrons. The molecule has 1 aromatic rings. The minimum atomic E-state index is -3.47. The number of para-hydroxylation sites is 1. The highest BCUT2D eigenvalue weighted by molar-refractivity contribution is 7.90. The smallest absolute Gasteiger partial charge is 0.335 e. The van der Waals surface area contributed by atoms with E-state index in [9.17, 15) is 18.0 Å². The lowest BCUT2D eigenvalue weighted by molar-refractivity contribution is -0.156. The maximum absolute atomic E-state index is 11.8. The third-order valence-corrected chi connectivity index (χ3v) is 4.25. The minimum absolute atomic E-state index is 0.00815. The van der Waals surface area contributed by atoms with Gasteiger partial charge in [0, 0.05) is 12.9 Å². The number of amides is 1. The minimum Gasteiger partial charge on any atom is -0.454 e. The molecule has 1 saturated heterocycles. The highest BCUT2D eigenvalue weighted by atomic mass is 32.2. The number of nitrogens with one attached hydrogen (secondary N) is 1. The summed E-state index contributed by atoms with van der Waals surface area (Å²) in [4.78, 5) is 23.4. The standard InChI is InChI=1S/C14H17NO6S/c1-22(18,19)12-7-3-2-5-10(12)15-13(16)9-21-14(17)11-6-4-8-20-11/h2-3,5,7,11H,4,6,8-9H2,1H3,(H,15,16)/t11-/m0/s1. The fraction of sp³-hybridized carbons (Fsp3) is 0.429. The van der Waals surface area contributed by atoms with Gasteiger partial charge in [-0.15, -0.1) is 0 Å². The normalized spacial score (nSPS) is 18.0. The molecule has 1 heterocycles. The van der Waals surface area contributed by atoms with Gasteiger partial charge in [-0.1, -0.05) is 12.1 Å². The van der Waals surface area contributed by atoms with Crippen LogP contribution in [-0.4, -0.2) is 45.9 Å². The van der Waals surface area contributed by atoms with Gasteiger partial charge in [-0.25, -0.2) is 13.2 Å². The molecule has 0 unspecified atom stereocenters. The first-order valence-electron chi connectivity index (χ1n) is 6.75. The first-order chi connectivity index (χ1) is 10.4. The average molecular weight is 327 g/mol. The number of benzene rings is 1. The highest BCUT2D eigenvalue weighted by Crippen LogP contribution is 2.20. The van der Waals surface area contributed by atoms with Crippen LogP contribution in [-0.2, 0) is 28.9 Å². The second-order valence-corrected chi connectivity index (χ2v) is 6.91. The number of sulfone groups is 1. The van der Waals surface area contributed by atoms with Crippen molar-refractivity contribution >= 4 is 27.4 Å². The van der Waals surface area contributed by atoms with Gasteiger partial charge in [-0.05, 0) is 25.0 Å². The molecule has 2 rings (SSSR count). The summed E-state index contributed by atoms with van der Waals surface area (Å²) in [6.07, 6.45) is 1.80. The van der Waals surface area contributed by atoms with Crippen molar-refractivity contribution in [3.05, 3.63) is 24.3 Å². The molecule has 1 aliphatic rings. The number of carbonyl (C=O) groups excluding carboxylic acids is 2. The second kappa shape index (κ2) is 6.89. The van der Waals surface area contributed by atoms with E-state index in [0.29, 0.717) is 13.0 Å². The SMILES string of the molecule is CS(=O)(=O)c1ccccc1NC(=O)COC(=O)[C@@H]1CCCO1. The Balaban J connectivity index is 1.94. The van der Waals surface area contributed by atoms with Crippen LogP contribution in [0.1, 0.15) is 12.8 Å². The molecule has 0 bridgehead atoms. The van der Waals surface area contributed by atoms with Crippen molar-refractivity contribution in [1.82, 2.24) is 0 Å². The number of rotatable bonds is 5. The van der Waals surface area contributed by atoms with Crippen molar-refractivity contribution in [3.63, 3.8) is 0 Å². The van der Waals surface area contributed by atoms with E-state index in [0.717, 1.165) is 12.7 Å². The van der Waals surface area contributed by atoms with Gasteiger partial charge in [0.05, 0.1) is 10.6 Å². The van der Waals surface area contributed by atoms with Gasteiger partial charge in [-0.2, -0.15) is 0 Å². The van der Waals surface area contributed by atoms with E-state index >= 15 is 0 Å². The third-order valence-electron chi connectivity index (χ3n) is 3.10. The molecule has 0 spiro atoms. The number of ether oxygens (including phenoxy) is 2. The van der Waals surface area contributed by atoms with Crippen LogP contribution < -0.4 is 5.32 Å². The van der Waals surface area contributed by atoms with Crippen LogP contribution >= 0.6 is 0 Å². The molecular formula is C14H17NO6S. The molecule has 1 amide bonds. The van der Waals surface area contributed by atoms with Crippen molar-refractivity contribution in [3.8, 4) is 0 Å². The topological polar surface area (TPSA) is 98.8 Å². The second-order valence-electron chi connectivity index (χ2n) is 4.93. The van der Waals surface area contributed by atoms with Crippen molar-refractivity contribution in [1.29, 1.82) is 0 Å². The Morgan fingerprint density at radius 1 is 1.36 bits per heavy atom. The summed E-state index contributed by atoms with van der Waals surface area (Å²) in [5.41, 5.74) is 0.156. The van der Waals surface area contributed by atoms with Crippen LogP contribution in [0.2, 0.25) is 0 Å². The summed E-state index contributed by atoms with van der Waals surface area (Å²) in [7, 11) is -3.47. The largest absolute Gasteiger partial charge is 0.454 e. The number of anilines is 1. The van der Waals surface area contributed by atoms with Crippen molar-refractivity contribution in [2.45, 2.75) is 23.8 Å². The van der Waals surface area contributed by atoms with Crippen molar-refractivity contribution in [2.24, 2.45) is 0 Å². The molecule has 0 radical (unpaired) electrons. The van der Waals surface area contributed by atoms with Crippen LogP contribution in [0.25, 0.3) is 0 Å². The Morgan fingerprint density at radius 3 is 2.73 bits per heavy atom. The highest BCUT2D eigenvalue weighted by Gasteiger charge is 2.25. The van der Waals surface area contributed by atoms with Crippen molar-refractivity contribution < 1.29 is 27.5 Å². The zero-order valence-electron chi connectivity index (χ0n) is 12.1. The van der Waals surface area contributed by atoms with E-state index in [1.54, 1.807) is 12.1 Å². The van der Waals surface area contributed by atoms with E-state index < -0.39 is 34.4 Å². The number of carbonyl (C=O) groups is 2. The molecule has 7 nitrogen and oxygen atoms in total. The lowest BCUT2D eigenvalue weighted by Crippen LogP contribution is -2.27. The van der Waals surface area contributed by atoms with Gasteiger partial charge in [0.25, 0.3) is 5.91 Å².